The van der Waals surface area contributed by atoms with E-state index >= 15 is 0 Å². The molecular formula is C14H12N2O. The van der Waals surface area contributed by atoms with Crippen molar-refractivity contribution in [2.45, 2.75) is 18.9 Å². The second kappa shape index (κ2) is 2.86. The third kappa shape index (κ3) is 1.01. The molecule has 0 spiro atoms. The standard InChI is InChI=1S/C14H12N2O/c17-8-14(5-6-14)13-11-4-2-1-3-10(11)12-7-15-9-16(12)13/h1-4,7-9,13H,5-6H2. The number of rotatable bonds is 2. The van der Waals surface area contributed by atoms with Crippen molar-refractivity contribution in [3.63, 3.8) is 0 Å². The van der Waals surface area contributed by atoms with E-state index in [0.717, 1.165) is 24.8 Å². The first-order chi connectivity index (χ1) is 8.36. The molecule has 84 valence electrons. The van der Waals surface area contributed by atoms with Gasteiger partial charge in [0.25, 0.3) is 0 Å². The summed E-state index contributed by atoms with van der Waals surface area (Å²) in [7, 11) is 0. The van der Waals surface area contributed by atoms with Crippen LogP contribution in [0.4, 0.5) is 0 Å². The Kier molecular flexibility index (Phi) is 1.54. The Balaban J connectivity index is 2.00. The zero-order valence-corrected chi connectivity index (χ0v) is 9.34. The summed E-state index contributed by atoms with van der Waals surface area (Å²) >= 11 is 0. The third-order valence-electron chi connectivity index (χ3n) is 4.08. The summed E-state index contributed by atoms with van der Waals surface area (Å²) in [6.45, 7) is 0. The number of hydrogen-bond donors (Lipinski definition) is 0. The number of imidazole rings is 1. The minimum Gasteiger partial charge on any atom is -0.322 e. The van der Waals surface area contributed by atoms with Crippen LogP contribution in [0.3, 0.4) is 0 Å². The first-order valence-corrected chi connectivity index (χ1v) is 5.93. The first-order valence-electron chi connectivity index (χ1n) is 5.93. The molecule has 17 heavy (non-hydrogen) atoms. The monoisotopic (exact) mass is 224 g/mol. The van der Waals surface area contributed by atoms with Crippen LogP contribution in [0.2, 0.25) is 0 Å². The zero-order valence-electron chi connectivity index (χ0n) is 9.34. The number of nitrogens with zero attached hydrogens (tertiary/aromatic N) is 2. The number of aromatic nitrogens is 2. The first kappa shape index (κ1) is 9.16. The Morgan fingerprint density at radius 3 is 2.94 bits per heavy atom. The van der Waals surface area contributed by atoms with Gasteiger partial charge in [0.05, 0.1) is 29.7 Å². The topological polar surface area (TPSA) is 34.9 Å². The van der Waals surface area contributed by atoms with Gasteiger partial charge in [0, 0.05) is 5.56 Å². The van der Waals surface area contributed by atoms with Crippen LogP contribution in [0, 0.1) is 5.41 Å². The highest BCUT2D eigenvalue weighted by Gasteiger charge is 2.53. The molecule has 2 aromatic rings. The maximum Gasteiger partial charge on any atom is 0.128 e. The fourth-order valence-corrected chi connectivity index (χ4v) is 3.02. The fraction of sp³-hybridized carbons (Fsp3) is 0.286. The van der Waals surface area contributed by atoms with Gasteiger partial charge in [-0.25, -0.2) is 4.98 Å². The van der Waals surface area contributed by atoms with Gasteiger partial charge in [-0.15, -0.1) is 0 Å². The molecule has 1 aliphatic heterocycles. The van der Waals surface area contributed by atoms with E-state index in [2.05, 4.69) is 21.7 Å². The predicted molar refractivity (Wildman–Crippen MR) is 63.5 cm³/mol. The van der Waals surface area contributed by atoms with Crippen molar-refractivity contribution in [1.82, 2.24) is 9.55 Å². The van der Waals surface area contributed by atoms with E-state index in [1.807, 2.05) is 24.7 Å². The molecule has 1 aromatic carbocycles. The maximum atomic E-state index is 11.4. The molecule has 1 unspecified atom stereocenters. The summed E-state index contributed by atoms with van der Waals surface area (Å²) in [5.41, 5.74) is 3.46. The summed E-state index contributed by atoms with van der Waals surface area (Å²) < 4.78 is 2.16. The largest absolute Gasteiger partial charge is 0.322 e. The molecule has 0 amide bonds. The lowest BCUT2D eigenvalue weighted by molar-refractivity contribution is -0.113. The van der Waals surface area contributed by atoms with Crippen LogP contribution in [-0.2, 0) is 4.79 Å². The van der Waals surface area contributed by atoms with Crippen LogP contribution >= 0.6 is 0 Å². The van der Waals surface area contributed by atoms with E-state index < -0.39 is 0 Å². The molecular weight excluding hydrogens is 212 g/mol. The van der Waals surface area contributed by atoms with Crippen LogP contribution in [0.25, 0.3) is 11.3 Å². The second-order valence-corrected chi connectivity index (χ2v) is 5.03. The summed E-state index contributed by atoms with van der Waals surface area (Å²) in [6, 6.07) is 8.50. The Hall–Kier alpha value is -1.90. The number of carbonyl (C=O) groups is 1. The molecule has 2 heterocycles. The van der Waals surface area contributed by atoms with Gasteiger partial charge in [0.2, 0.25) is 0 Å². The van der Waals surface area contributed by atoms with Gasteiger partial charge in [-0.2, -0.15) is 0 Å². The molecule has 1 atom stereocenters. The van der Waals surface area contributed by atoms with E-state index in [1.165, 1.54) is 11.1 Å². The average molecular weight is 224 g/mol. The Morgan fingerprint density at radius 1 is 1.35 bits per heavy atom. The fourth-order valence-electron chi connectivity index (χ4n) is 3.02. The van der Waals surface area contributed by atoms with Crippen molar-refractivity contribution in [2.75, 3.05) is 0 Å². The minimum absolute atomic E-state index is 0.161. The summed E-state index contributed by atoms with van der Waals surface area (Å²) in [5.74, 6) is 0. The SMILES string of the molecule is O=CC1(C2c3ccccc3-c3cncn32)CC1. The molecule has 0 radical (unpaired) electrons. The van der Waals surface area contributed by atoms with Gasteiger partial charge in [0.1, 0.15) is 6.29 Å². The van der Waals surface area contributed by atoms with Gasteiger partial charge in [-0.1, -0.05) is 24.3 Å². The van der Waals surface area contributed by atoms with Crippen molar-refractivity contribution < 1.29 is 4.79 Å². The number of aldehydes is 1. The van der Waals surface area contributed by atoms with Gasteiger partial charge < -0.3 is 9.36 Å². The van der Waals surface area contributed by atoms with Crippen LogP contribution in [-0.4, -0.2) is 15.8 Å². The van der Waals surface area contributed by atoms with E-state index in [4.69, 9.17) is 0 Å². The van der Waals surface area contributed by atoms with Gasteiger partial charge in [-0.05, 0) is 18.4 Å². The molecule has 1 aromatic heterocycles. The lowest BCUT2D eigenvalue weighted by Crippen LogP contribution is -2.19. The van der Waals surface area contributed by atoms with Gasteiger partial charge in [0.15, 0.2) is 0 Å². The normalized spacial score (nSPS) is 22.9. The predicted octanol–water partition coefficient (Wildman–Crippen LogP) is 2.43. The van der Waals surface area contributed by atoms with Crippen molar-refractivity contribution in [3.05, 3.63) is 42.4 Å². The highest BCUT2D eigenvalue weighted by atomic mass is 16.1. The number of benzene rings is 1. The smallest absolute Gasteiger partial charge is 0.128 e. The summed E-state index contributed by atoms with van der Waals surface area (Å²) in [6.07, 6.45) is 6.87. The molecule has 1 fully saturated rings. The highest BCUT2D eigenvalue weighted by Crippen LogP contribution is 2.59. The number of carbonyl (C=O) groups excluding carboxylic acids is 1. The van der Waals surface area contributed by atoms with E-state index in [9.17, 15) is 4.79 Å². The van der Waals surface area contributed by atoms with Gasteiger partial charge in [-0.3, -0.25) is 0 Å². The molecule has 3 heteroatoms. The van der Waals surface area contributed by atoms with Crippen molar-refractivity contribution >= 4 is 6.29 Å². The summed E-state index contributed by atoms with van der Waals surface area (Å²) in [5, 5.41) is 0. The lowest BCUT2D eigenvalue weighted by atomic mass is 9.91. The molecule has 0 bridgehead atoms. The molecule has 4 rings (SSSR count). The Labute approximate surface area is 99.1 Å². The quantitative estimate of drug-likeness (QED) is 0.734. The van der Waals surface area contributed by atoms with Crippen molar-refractivity contribution in [2.24, 2.45) is 5.41 Å². The van der Waals surface area contributed by atoms with Crippen LogP contribution in [0.15, 0.2) is 36.8 Å². The summed E-state index contributed by atoms with van der Waals surface area (Å²) in [4.78, 5) is 15.6. The third-order valence-corrected chi connectivity index (χ3v) is 4.08. The van der Waals surface area contributed by atoms with Crippen molar-refractivity contribution in [1.29, 1.82) is 0 Å². The Bertz CT molecular complexity index is 610. The maximum absolute atomic E-state index is 11.4. The molecule has 1 saturated carbocycles. The van der Waals surface area contributed by atoms with E-state index in [1.54, 1.807) is 0 Å². The second-order valence-electron chi connectivity index (χ2n) is 5.03. The van der Waals surface area contributed by atoms with E-state index in [0.29, 0.717) is 0 Å². The molecule has 2 aliphatic rings. The molecule has 3 nitrogen and oxygen atoms in total. The Morgan fingerprint density at radius 2 is 2.18 bits per heavy atom. The van der Waals surface area contributed by atoms with Gasteiger partial charge >= 0.3 is 0 Å². The van der Waals surface area contributed by atoms with E-state index in [-0.39, 0.29) is 11.5 Å². The van der Waals surface area contributed by atoms with Crippen LogP contribution in [0.5, 0.6) is 0 Å². The average Bonchev–Trinajstić information content (AvgIpc) is 2.88. The van der Waals surface area contributed by atoms with Crippen molar-refractivity contribution in [3.8, 4) is 11.3 Å². The zero-order chi connectivity index (χ0) is 11.5. The number of fused-ring (bicyclic) bond motifs is 3. The van der Waals surface area contributed by atoms with Crippen LogP contribution in [0.1, 0.15) is 24.4 Å². The number of hydrogen-bond acceptors (Lipinski definition) is 2. The molecule has 0 saturated heterocycles. The van der Waals surface area contributed by atoms with Crippen LogP contribution < -0.4 is 0 Å². The molecule has 1 aliphatic carbocycles. The minimum atomic E-state index is -0.179. The lowest BCUT2D eigenvalue weighted by Gasteiger charge is -2.20. The highest BCUT2D eigenvalue weighted by molar-refractivity contribution is 5.74. The molecule has 0 N–H and O–H groups in total.